The molecule has 1 N–H and O–H groups in total. The van der Waals surface area contributed by atoms with E-state index in [4.69, 9.17) is 4.42 Å². The number of nitrogens with one attached hydrogen (secondary N) is 1. The lowest BCUT2D eigenvalue weighted by atomic mass is 10.2. The molecule has 3 heterocycles. The summed E-state index contributed by atoms with van der Waals surface area (Å²) >= 11 is 0. The van der Waals surface area contributed by atoms with Crippen LogP contribution in [-0.2, 0) is 4.79 Å². The van der Waals surface area contributed by atoms with Crippen molar-refractivity contribution in [3.63, 3.8) is 0 Å². The Labute approximate surface area is 134 Å². The highest BCUT2D eigenvalue weighted by Crippen LogP contribution is 2.24. The second kappa shape index (κ2) is 5.91. The van der Waals surface area contributed by atoms with Crippen molar-refractivity contribution in [2.75, 3.05) is 18.4 Å². The van der Waals surface area contributed by atoms with Gasteiger partial charge in [-0.25, -0.2) is 0 Å². The molecule has 0 bridgehead atoms. The number of aryl methyl sites for hydroxylation is 2. The number of hydrogen-bond donors (Lipinski definition) is 1. The Morgan fingerprint density at radius 3 is 2.83 bits per heavy atom. The van der Waals surface area contributed by atoms with Crippen molar-refractivity contribution in [2.45, 2.75) is 33.2 Å². The van der Waals surface area contributed by atoms with Crippen LogP contribution >= 0.6 is 0 Å². The van der Waals surface area contributed by atoms with Gasteiger partial charge in [0.25, 0.3) is 5.91 Å². The molecule has 23 heavy (non-hydrogen) atoms. The van der Waals surface area contributed by atoms with Crippen molar-refractivity contribution < 1.29 is 14.0 Å². The quantitative estimate of drug-likeness (QED) is 0.940. The summed E-state index contributed by atoms with van der Waals surface area (Å²) in [7, 11) is 0. The molecule has 7 heteroatoms. The van der Waals surface area contributed by atoms with Gasteiger partial charge in [0.2, 0.25) is 5.91 Å². The smallest absolute Gasteiger partial charge is 0.289 e. The van der Waals surface area contributed by atoms with E-state index in [1.165, 1.54) is 6.92 Å². The highest BCUT2D eigenvalue weighted by atomic mass is 16.4. The Bertz CT molecular complexity index is 727. The number of furan rings is 1. The lowest BCUT2D eigenvalue weighted by molar-refractivity contribution is -0.114. The molecule has 1 fully saturated rings. The van der Waals surface area contributed by atoms with Crippen molar-refractivity contribution in [2.24, 2.45) is 0 Å². The number of hydrogen-bond acceptors (Lipinski definition) is 4. The Kier molecular flexibility index (Phi) is 3.94. The van der Waals surface area contributed by atoms with Crippen molar-refractivity contribution >= 4 is 17.6 Å². The zero-order valence-corrected chi connectivity index (χ0v) is 13.5. The molecule has 7 nitrogen and oxygen atoms in total. The Morgan fingerprint density at radius 1 is 1.39 bits per heavy atom. The average molecular weight is 316 g/mol. The number of anilines is 1. The summed E-state index contributed by atoms with van der Waals surface area (Å²) in [4.78, 5) is 25.3. The van der Waals surface area contributed by atoms with Crippen LogP contribution in [0.2, 0.25) is 0 Å². The lowest BCUT2D eigenvalue weighted by Crippen LogP contribution is -2.28. The Balaban J connectivity index is 1.67. The maximum atomic E-state index is 12.5. The molecule has 0 aliphatic carbocycles. The van der Waals surface area contributed by atoms with Crippen LogP contribution in [0.1, 0.15) is 41.3 Å². The normalized spacial score (nSPS) is 17.5. The number of rotatable bonds is 3. The Morgan fingerprint density at radius 2 is 2.17 bits per heavy atom. The lowest BCUT2D eigenvalue weighted by Gasteiger charge is -2.15. The largest absolute Gasteiger partial charge is 0.456 e. The van der Waals surface area contributed by atoms with Gasteiger partial charge in [-0.15, -0.1) is 0 Å². The molecule has 0 aromatic carbocycles. The van der Waals surface area contributed by atoms with Gasteiger partial charge >= 0.3 is 0 Å². The van der Waals surface area contributed by atoms with Crippen LogP contribution in [0.5, 0.6) is 0 Å². The molecule has 0 radical (unpaired) electrons. The topological polar surface area (TPSA) is 80.4 Å². The first kappa shape index (κ1) is 15.3. The predicted molar refractivity (Wildman–Crippen MR) is 84.3 cm³/mol. The van der Waals surface area contributed by atoms with E-state index in [2.05, 4.69) is 10.4 Å². The highest BCUT2D eigenvalue weighted by molar-refractivity contribution is 5.92. The number of nitrogens with zero attached hydrogens (tertiary/aromatic N) is 3. The first-order chi connectivity index (χ1) is 10.9. The van der Waals surface area contributed by atoms with Crippen LogP contribution in [-0.4, -0.2) is 39.6 Å². The van der Waals surface area contributed by atoms with Gasteiger partial charge in [0.1, 0.15) is 5.76 Å². The summed E-state index contributed by atoms with van der Waals surface area (Å²) < 4.78 is 7.32. The standard InChI is InChI=1S/C16H20N4O3/c1-10-8-14(23-11(10)2)16(22)19-6-4-13(9-19)20-7-5-15(18-20)17-12(3)21/h5,7-8,13H,4,6,9H2,1-3H3,(H,17,18,21)/t13-/m0/s1. The molecule has 2 amide bonds. The zero-order valence-electron chi connectivity index (χ0n) is 13.5. The predicted octanol–water partition coefficient (Wildman–Crippen LogP) is 2.14. The first-order valence-corrected chi connectivity index (χ1v) is 7.63. The van der Waals surface area contributed by atoms with E-state index in [-0.39, 0.29) is 17.9 Å². The molecule has 3 rings (SSSR count). The highest BCUT2D eigenvalue weighted by Gasteiger charge is 2.30. The van der Waals surface area contributed by atoms with E-state index in [0.29, 0.717) is 24.7 Å². The van der Waals surface area contributed by atoms with Gasteiger partial charge in [0.05, 0.1) is 6.04 Å². The van der Waals surface area contributed by atoms with Crippen LogP contribution < -0.4 is 5.32 Å². The minimum atomic E-state index is -0.151. The van der Waals surface area contributed by atoms with Crippen LogP contribution in [0.4, 0.5) is 5.82 Å². The van der Waals surface area contributed by atoms with Crippen LogP contribution in [0.3, 0.4) is 0 Å². The summed E-state index contributed by atoms with van der Waals surface area (Å²) in [5.74, 6) is 1.45. The SMILES string of the molecule is CC(=O)Nc1ccn([C@H]2CCN(C(=O)c3cc(C)c(C)o3)C2)n1. The monoisotopic (exact) mass is 316 g/mol. The first-order valence-electron chi connectivity index (χ1n) is 7.63. The van der Waals surface area contributed by atoms with Crippen molar-refractivity contribution in [1.82, 2.24) is 14.7 Å². The average Bonchev–Trinajstić information content (AvgIpc) is 3.18. The van der Waals surface area contributed by atoms with E-state index in [1.807, 2.05) is 20.0 Å². The third-order valence-corrected chi connectivity index (χ3v) is 4.11. The number of aromatic nitrogens is 2. The number of amides is 2. The van der Waals surface area contributed by atoms with Crippen LogP contribution in [0.25, 0.3) is 0 Å². The summed E-state index contributed by atoms with van der Waals surface area (Å²) in [6.45, 7) is 6.47. The molecular formula is C16H20N4O3. The molecule has 1 atom stereocenters. The third-order valence-electron chi connectivity index (χ3n) is 4.11. The molecule has 122 valence electrons. The second-order valence-electron chi connectivity index (χ2n) is 5.91. The van der Waals surface area contributed by atoms with Gasteiger partial charge in [-0.3, -0.25) is 14.3 Å². The summed E-state index contributed by atoms with van der Waals surface area (Å²) in [6.07, 6.45) is 2.65. The Hall–Kier alpha value is -2.57. The van der Waals surface area contributed by atoms with E-state index < -0.39 is 0 Å². The molecule has 2 aromatic heterocycles. The van der Waals surface area contributed by atoms with Crippen LogP contribution in [0, 0.1) is 13.8 Å². The van der Waals surface area contributed by atoms with Gasteiger partial charge in [-0.1, -0.05) is 0 Å². The molecule has 2 aromatic rings. The van der Waals surface area contributed by atoms with Crippen molar-refractivity contribution in [3.05, 3.63) is 35.4 Å². The zero-order chi connectivity index (χ0) is 16.6. The summed E-state index contributed by atoms with van der Waals surface area (Å²) in [5.41, 5.74) is 0.983. The fraction of sp³-hybridized carbons (Fsp3) is 0.438. The molecule has 1 saturated heterocycles. The van der Waals surface area contributed by atoms with E-state index >= 15 is 0 Å². The van der Waals surface area contributed by atoms with E-state index in [1.54, 1.807) is 21.7 Å². The summed E-state index contributed by atoms with van der Waals surface area (Å²) in [6, 6.07) is 3.65. The number of carbonyl (C=O) groups is 2. The summed E-state index contributed by atoms with van der Waals surface area (Å²) in [5, 5.41) is 6.99. The minimum absolute atomic E-state index is 0.0852. The van der Waals surface area contributed by atoms with Gasteiger partial charge in [0, 0.05) is 32.3 Å². The van der Waals surface area contributed by atoms with Gasteiger partial charge in [-0.2, -0.15) is 5.10 Å². The van der Waals surface area contributed by atoms with E-state index in [0.717, 1.165) is 17.7 Å². The molecule has 0 unspecified atom stereocenters. The van der Waals surface area contributed by atoms with Gasteiger partial charge < -0.3 is 14.6 Å². The molecular weight excluding hydrogens is 296 g/mol. The maximum Gasteiger partial charge on any atom is 0.289 e. The molecule has 0 spiro atoms. The number of likely N-dealkylation sites (tertiary alicyclic amines) is 1. The van der Waals surface area contributed by atoms with Crippen molar-refractivity contribution in [3.8, 4) is 0 Å². The second-order valence-corrected chi connectivity index (χ2v) is 5.91. The fourth-order valence-electron chi connectivity index (χ4n) is 2.77. The third kappa shape index (κ3) is 3.13. The minimum Gasteiger partial charge on any atom is -0.456 e. The number of carbonyl (C=O) groups excluding carboxylic acids is 2. The fourth-order valence-corrected chi connectivity index (χ4v) is 2.77. The van der Waals surface area contributed by atoms with Gasteiger partial charge in [-0.05, 0) is 31.9 Å². The molecule has 0 saturated carbocycles. The van der Waals surface area contributed by atoms with Crippen LogP contribution in [0.15, 0.2) is 22.7 Å². The molecule has 1 aliphatic rings. The molecule has 1 aliphatic heterocycles. The maximum absolute atomic E-state index is 12.5. The van der Waals surface area contributed by atoms with Gasteiger partial charge in [0.15, 0.2) is 11.6 Å². The van der Waals surface area contributed by atoms with Crippen molar-refractivity contribution in [1.29, 1.82) is 0 Å². The van der Waals surface area contributed by atoms with E-state index in [9.17, 15) is 9.59 Å².